The molecule has 11 heteroatoms. The maximum absolute atomic E-state index is 12.7. The van der Waals surface area contributed by atoms with Crippen LogP contribution in [0.3, 0.4) is 0 Å². The van der Waals surface area contributed by atoms with Crippen molar-refractivity contribution >= 4 is 22.3 Å². The fourth-order valence-corrected chi connectivity index (χ4v) is 4.52. The van der Waals surface area contributed by atoms with Gasteiger partial charge in [-0.3, -0.25) is 0 Å². The lowest BCUT2D eigenvalue weighted by atomic mass is 9.91. The summed E-state index contributed by atoms with van der Waals surface area (Å²) in [5, 5.41) is 7.14. The van der Waals surface area contributed by atoms with Gasteiger partial charge in [0.15, 0.2) is 0 Å². The number of urea groups is 1. The molecule has 1 aromatic carbocycles. The number of benzene rings is 1. The number of ether oxygens (including phenoxy) is 1. The van der Waals surface area contributed by atoms with Gasteiger partial charge in [0, 0.05) is 25.2 Å². The number of hydrogen-bond donors (Lipinski definition) is 1. The van der Waals surface area contributed by atoms with Gasteiger partial charge in [-0.15, -0.1) is 13.2 Å². The molecule has 3 heterocycles. The van der Waals surface area contributed by atoms with Crippen molar-refractivity contribution in [2.45, 2.75) is 32.5 Å². The van der Waals surface area contributed by atoms with E-state index in [0.717, 1.165) is 18.5 Å². The van der Waals surface area contributed by atoms with Crippen LogP contribution in [0.15, 0.2) is 29.8 Å². The number of piperidine rings is 1. The first-order chi connectivity index (χ1) is 14.8. The normalized spacial score (nSPS) is 15.4. The molecule has 0 bridgehead atoms. The van der Waals surface area contributed by atoms with Crippen molar-refractivity contribution in [3.05, 3.63) is 35.5 Å². The van der Waals surface area contributed by atoms with Gasteiger partial charge in [0.25, 0.3) is 0 Å². The molecule has 0 atom stereocenters. The third kappa shape index (κ3) is 4.92. The Labute approximate surface area is 180 Å². The SMILES string of the molecule is CCNC(=O)N1CCC(Cc2nc3scnn3c2-c2cccc(OC(F)(F)F)c2)CC1. The minimum atomic E-state index is -4.76. The van der Waals surface area contributed by atoms with E-state index >= 15 is 0 Å². The van der Waals surface area contributed by atoms with Gasteiger partial charge < -0.3 is 15.0 Å². The van der Waals surface area contributed by atoms with Crippen molar-refractivity contribution in [3.8, 4) is 17.0 Å². The van der Waals surface area contributed by atoms with Gasteiger partial charge in [0.1, 0.15) is 11.3 Å². The van der Waals surface area contributed by atoms with Gasteiger partial charge in [-0.1, -0.05) is 23.5 Å². The molecule has 3 aromatic rings. The van der Waals surface area contributed by atoms with E-state index in [2.05, 4.69) is 15.2 Å². The number of hydrogen-bond acceptors (Lipinski definition) is 5. The Morgan fingerprint density at radius 2 is 2.10 bits per heavy atom. The average molecular weight is 453 g/mol. The molecule has 7 nitrogen and oxygen atoms in total. The van der Waals surface area contributed by atoms with E-state index in [1.165, 1.54) is 29.5 Å². The maximum atomic E-state index is 12.7. The van der Waals surface area contributed by atoms with Crippen molar-refractivity contribution in [1.82, 2.24) is 24.8 Å². The first-order valence-corrected chi connectivity index (χ1v) is 10.9. The van der Waals surface area contributed by atoms with E-state index in [0.29, 0.717) is 48.2 Å². The molecule has 31 heavy (non-hydrogen) atoms. The van der Waals surface area contributed by atoms with E-state index in [-0.39, 0.29) is 11.8 Å². The number of carbonyl (C=O) groups is 1. The fourth-order valence-electron chi connectivity index (χ4n) is 3.88. The maximum Gasteiger partial charge on any atom is 0.573 e. The zero-order valence-electron chi connectivity index (χ0n) is 16.9. The standard InChI is InChI=1S/C20H22F3N5O2S/c1-2-24-18(29)27-8-6-13(7-9-27)10-16-17(28-19(26-16)31-12-25-28)14-4-3-5-15(11-14)30-20(21,22)23/h3-5,11-13H,2,6-10H2,1H3,(H,24,29). The Balaban J connectivity index is 1.56. The Morgan fingerprint density at radius 1 is 1.32 bits per heavy atom. The van der Waals surface area contributed by atoms with Crippen LogP contribution in [0.2, 0.25) is 0 Å². The van der Waals surface area contributed by atoms with E-state index < -0.39 is 6.36 Å². The summed E-state index contributed by atoms with van der Waals surface area (Å²) in [6.07, 6.45) is -2.41. The molecular weight excluding hydrogens is 431 g/mol. The number of halogens is 3. The van der Waals surface area contributed by atoms with Gasteiger partial charge in [0.2, 0.25) is 4.96 Å². The molecule has 2 amide bonds. The van der Waals surface area contributed by atoms with Crippen molar-refractivity contribution in [2.75, 3.05) is 19.6 Å². The second kappa shape index (κ2) is 8.74. The highest BCUT2D eigenvalue weighted by molar-refractivity contribution is 7.14. The number of carbonyl (C=O) groups excluding carboxylic acids is 1. The van der Waals surface area contributed by atoms with Crippen LogP contribution in [0.1, 0.15) is 25.5 Å². The third-order valence-corrected chi connectivity index (χ3v) is 5.95. The Kier molecular flexibility index (Phi) is 6.03. The summed E-state index contributed by atoms with van der Waals surface area (Å²) >= 11 is 1.37. The fraction of sp³-hybridized carbons (Fsp3) is 0.450. The van der Waals surface area contributed by atoms with E-state index in [4.69, 9.17) is 4.98 Å². The lowest BCUT2D eigenvalue weighted by molar-refractivity contribution is -0.274. The number of amides is 2. The highest BCUT2D eigenvalue weighted by Crippen LogP contribution is 2.33. The number of rotatable bonds is 5. The second-order valence-electron chi connectivity index (χ2n) is 7.39. The van der Waals surface area contributed by atoms with Crippen molar-refractivity contribution in [3.63, 3.8) is 0 Å². The zero-order valence-corrected chi connectivity index (χ0v) is 17.7. The van der Waals surface area contributed by atoms with Gasteiger partial charge in [0.05, 0.1) is 11.4 Å². The number of fused-ring (bicyclic) bond motifs is 1. The lowest BCUT2D eigenvalue weighted by Crippen LogP contribution is -2.44. The predicted octanol–water partition coefficient (Wildman–Crippen LogP) is 4.34. The molecule has 0 unspecified atom stereocenters. The van der Waals surface area contributed by atoms with Crippen molar-refractivity contribution in [2.24, 2.45) is 5.92 Å². The molecule has 0 radical (unpaired) electrons. The highest BCUT2D eigenvalue weighted by atomic mass is 32.1. The topological polar surface area (TPSA) is 71.8 Å². The summed E-state index contributed by atoms with van der Waals surface area (Å²) in [6.45, 7) is 3.82. The number of nitrogens with zero attached hydrogens (tertiary/aromatic N) is 4. The van der Waals surface area contributed by atoms with E-state index in [1.807, 2.05) is 11.8 Å². The molecule has 1 aliphatic heterocycles. The van der Waals surface area contributed by atoms with Gasteiger partial charge in [-0.25, -0.2) is 14.3 Å². The number of aromatic nitrogens is 3. The Bertz CT molecular complexity index is 1060. The van der Waals surface area contributed by atoms with Crippen LogP contribution < -0.4 is 10.1 Å². The van der Waals surface area contributed by atoms with Crippen molar-refractivity contribution < 1.29 is 22.7 Å². The molecule has 1 N–H and O–H groups in total. The Morgan fingerprint density at radius 3 is 2.81 bits per heavy atom. The van der Waals surface area contributed by atoms with Crippen LogP contribution in [0.4, 0.5) is 18.0 Å². The quantitative estimate of drug-likeness (QED) is 0.624. The molecule has 0 saturated carbocycles. The number of imidazole rings is 1. The summed E-state index contributed by atoms with van der Waals surface area (Å²) in [6, 6.07) is 5.84. The number of nitrogens with one attached hydrogen (secondary N) is 1. The highest BCUT2D eigenvalue weighted by Gasteiger charge is 2.31. The van der Waals surface area contributed by atoms with Crippen LogP contribution in [-0.2, 0) is 6.42 Å². The molecule has 0 spiro atoms. The van der Waals surface area contributed by atoms with Crippen molar-refractivity contribution in [1.29, 1.82) is 0 Å². The first kappa shape index (κ1) is 21.4. The van der Waals surface area contributed by atoms with Crippen LogP contribution in [0.5, 0.6) is 5.75 Å². The molecule has 4 rings (SSSR count). The largest absolute Gasteiger partial charge is 0.573 e. The molecule has 1 saturated heterocycles. The molecule has 1 aliphatic rings. The molecule has 1 fully saturated rings. The molecule has 2 aromatic heterocycles. The van der Waals surface area contributed by atoms with Gasteiger partial charge >= 0.3 is 12.4 Å². The van der Waals surface area contributed by atoms with Crippen LogP contribution in [0, 0.1) is 5.92 Å². The summed E-state index contributed by atoms with van der Waals surface area (Å²) in [5.74, 6) is 0.0417. The minimum Gasteiger partial charge on any atom is -0.406 e. The summed E-state index contributed by atoms with van der Waals surface area (Å²) in [5.41, 5.74) is 3.68. The summed E-state index contributed by atoms with van der Waals surface area (Å²) in [7, 11) is 0. The van der Waals surface area contributed by atoms with Crippen LogP contribution in [0.25, 0.3) is 16.2 Å². The minimum absolute atomic E-state index is 0.0465. The predicted molar refractivity (Wildman–Crippen MR) is 110 cm³/mol. The third-order valence-electron chi connectivity index (χ3n) is 5.27. The summed E-state index contributed by atoms with van der Waals surface area (Å²) < 4.78 is 43.7. The van der Waals surface area contributed by atoms with Crippen LogP contribution in [-0.4, -0.2) is 51.5 Å². The second-order valence-corrected chi connectivity index (χ2v) is 8.20. The average Bonchev–Trinajstić information content (AvgIpc) is 3.28. The molecule has 0 aliphatic carbocycles. The smallest absolute Gasteiger partial charge is 0.406 e. The van der Waals surface area contributed by atoms with E-state index in [1.54, 1.807) is 16.1 Å². The van der Waals surface area contributed by atoms with Crippen LogP contribution >= 0.6 is 11.3 Å². The molecule has 166 valence electrons. The first-order valence-electron chi connectivity index (χ1n) is 10.0. The van der Waals surface area contributed by atoms with Gasteiger partial charge in [-0.05, 0) is 44.2 Å². The van der Waals surface area contributed by atoms with E-state index in [9.17, 15) is 18.0 Å². The van der Waals surface area contributed by atoms with Gasteiger partial charge in [-0.2, -0.15) is 5.10 Å². The monoisotopic (exact) mass is 453 g/mol. The Hall–Kier alpha value is -2.82. The zero-order chi connectivity index (χ0) is 22.0. The number of alkyl halides is 3. The number of likely N-dealkylation sites (tertiary alicyclic amines) is 1. The molecular formula is C20H22F3N5O2S. The lowest BCUT2D eigenvalue weighted by Gasteiger charge is -2.31. The summed E-state index contributed by atoms with van der Waals surface area (Å²) in [4.78, 5) is 19.2.